The van der Waals surface area contributed by atoms with Gasteiger partial charge in [-0.1, -0.05) is 31.5 Å². The summed E-state index contributed by atoms with van der Waals surface area (Å²) >= 11 is 6.02. The Morgan fingerprint density at radius 3 is 2.59 bits per heavy atom. The van der Waals surface area contributed by atoms with Gasteiger partial charge in [-0.15, -0.1) is 0 Å². The van der Waals surface area contributed by atoms with Crippen LogP contribution in [0.15, 0.2) is 18.2 Å². The molecule has 4 heteroatoms. The summed E-state index contributed by atoms with van der Waals surface area (Å²) in [5.41, 5.74) is 7.22. The van der Waals surface area contributed by atoms with Crippen LogP contribution in [0.2, 0.25) is 5.02 Å². The molecule has 0 saturated carbocycles. The fourth-order valence-electron chi connectivity index (χ4n) is 1.30. The molecule has 96 valence electrons. The molecule has 0 aliphatic heterocycles. The van der Waals surface area contributed by atoms with Gasteiger partial charge in [-0.25, -0.2) is 0 Å². The zero-order valence-electron chi connectivity index (χ0n) is 10.4. The third kappa shape index (κ3) is 5.91. The van der Waals surface area contributed by atoms with Crippen LogP contribution < -0.4 is 5.73 Å². The second-order valence-corrected chi connectivity index (χ2v) is 4.78. The topological polar surface area (TPSA) is 44.5 Å². The summed E-state index contributed by atoms with van der Waals surface area (Å²) in [5.74, 6) is 0.557. The van der Waals surface area contributed by atoms with E-state index in [4.69, 9.17) is 26.8 Å². The Hall–Kier alpha value is -0.770. The highest BCUT2D eigenvalue weighted by molar-refractivity contribution is 6.31. The van der Waals surface area contributed by atoms with Crippen molar-refractivity contribution in [3.05, 3.63) is 28.8 Å². The molecule has 0 atom stereocenters. The van der Waals surface area contributed by atoms with Crippen LogP contribution in [-0.4, -0.2) is 19.8 Å². The van der Waals surface area contributed by atoms with E-state index in [0.29, 0.717) is 36.4 Å². The van der Waals surface area contributed by atoms with E-state index in [1.807, 2.05) is 12.1 Å². The third-order valence-electron chi connectivity index (χ3n) is 2.16. The van der Waals surface area contributed by atoms with E-state index < -0.39 is 0 Å². The smallest absolute Gasteiger partial charge is 0.0732 e. The molecule has 0 unspecified atom stereocenters. The molecule has 1 aromatic carbocycles. The van der Waals surface area contributed by atoms with Crippen LogP contribution in [-0.2, 0) is 16.1 Å². The molecule has 0 amide bonds. The summed E-state index contributed by atoms with van der Waals surface area (Å²) in [5, 5.41) is 0.646. The normalized spacial score (nSPS) is 11.1. The predicted octanol–water partition coefficient (Wildman–Crippen LogP) is 3.11. The van der Waals surface area contributed by atoms with Crippen molar-refractivity contribution in [2.24, 2.45) is 5.92 Å². The van der Waals surface area contributed by atoms with Gasteiger partial charge in [-0.2, -0.15) is 0 Å². The summed E-state index contributed by atoms with van der Waals surface area (Å²) in [6.07, 6.45) is 0. The van der Waals surface area contributed by atoms with Gasteiger partial charge in [-0.3, -0.25) is 0 Å². The molecule has 0 aromatic heterocycles. The lowest BCUT2D eigenvalue weighted by atomic mass is 10.2. The van der Waals surface area contributed by atoms with Crippen LogP contribution in [0.1, 0.15) is 19.4 Å². The van der Waals surface area contributed by atoms with Gasteiger partial charge in [0, 0.05) is 17.3 Å². The number of rotatable bonds is 7. The minimum atomic E-state index is 0.490. The molecule has 0 heterocycles. The number of nitrogen functional groups attached to an aromatic ring is 1. The Morgan fingerprint density at radius 1 is 1.24 bits per heavy atom. The van der Waals surface area contributed by atoms with Crippen LogP contribution in [0, 0.1) is 5.92 Å². The first-order valence-corrected chi connectivity index (χ1v) is 6.16. The van der Waals surface area contributed by atoms with Gasteiger partial charge < -0.3 is 15.2 Å². The highest BCUT2D eigenvalue weighted by Gasteiger charge is 2.01. The number of nitrogens with two attached hydrogens (primary N) is 1. The summed E-state index contributed by atoms with van der Waals surface area (Å²) < 4.78 is 10.9. The van der Waals surface area contributed by atoms with Crippen LogP contribution in [0.5, 0.6) is 0 Å². The van der Waals surface area contributed by atoms with Gasteiger partial charge in [-0.05, 0) is 23.6 Å². The van der Waals surface area contributed by atoms with Crippen molar-refractivity contribution >= 4 is 17.3 Å². The highest BCUT2D eigenvalue weighted by atomic mass is 35.5. The lowest BCUT2D eigenvalue weighted by Crippen LogP contribution is -2.08. The van der Waals surface area contributed by atoms with E-state index in [-0.39, 0.29) is 0 Å². The molecule has 0 fully saturated rings. The predicted molar refractivity (Wildman–Crippen MR) is 71.2 cm³/mol. The molecular formula is C13H20ClNO2. The molecule has 0 spiro atoms. The van der Waals surface area contributed by atoms with E-state index in [1.165, 1.54) is 0 Å². The van der Waals surface area contributed by atoms with E-state index in [1.54, 1.807) is 6.07 Å². The maximum atomic E-state index is 6.02. The van der Waals surface area contributed by atoms with Crippen molar-refractivity contribution in [3.8, 4) is 0 Å². The molecule has 17 heavy (non-hydrogen) atoms. The standard InChI is InChI=1S/C13H20ClNO2/c1-10(2)8-16-5-6-17-9-11-3-4-12(15)7-13(11)14/h3-4,7,10H,5-6,8-9,15H2,1-2H3. The monoisotopic (exact) mass is 257 g/mol. The molecule has 1 aromatic rings. The summed E-state index contributed by atoms with van der Waals surface area (Å²) in [7, 11) is 0. The highest BCUT2D eigenvalue weighted by Crippen LogP contribution is 2.19. The van der Waals surface area contributed by atoms with Crippen molar-refractivity contribution in [1.82, 2.24) is 0 Å². The SMILES string of the molecule is CC(C)COCCOCc1ccc(N)cc1Cl. The number of ether oxygens (including phenoxy) is 2. The molecule has 0 aliphatic carbocycles. The quantitative estimate of drug-likeness (QED) is 0.603. The molecule has 2 N–H and O–H groups in total. The van der Waals surface area contributed by atoms with Crippen molar-refractivity contribution in [2.45, 2.75) is 20.5 Å². The zero-order chi connectivity index (χ0) is 12.7. The molecule has 0 bridgehead atoms. The number of hydrogen-bond donors (Lipinski definition) is 1. The summed E-state index contributed by atoms with van der Waals surface area (Å²) in [6, 6.07) is 5.43. The first-order chi connectivity index (χ1) is 8.09. The van der Waals surface area contributed by atoms with Gasteiger partial charge in [0.15, 0.2) is 0 Å². The second kappa shape index (κ2) is 7.54. The summed E-state index contributed by atoms with van der Waals surface area (Å²) in [4.78, 5) is 0. The fourth-order valence-corrected chi connectivity index (χ4v) is 1.54. The number of hydrogen-bond acceptors (Lipinski definition) is 3. The average Bonchev–Trinajstić information content (AvgIpc) is 2.25. The maximum absolute atomic E-state index is 6.02. The van der Waals surface area contributed by atoms with Crippen LogP contribution in [0.25, 0.3) is 0 Å². The Kier molecular flexibility index (Phi) is 6.34. The fraction of sp³-hybridized carbons (Fsp3) is 0.538. The lowest BCUT2D eigenvalue weighted by Gasteiger charge is -2.08. The van der Waals surface area contributed by atoms with Gasteiger partial charge in [0.25, 0.3) is 0 Å². The van der Waals surface area contributed by atoms with Gasteiger partial charge in [0.1, 0.15) is 0 Å². The first-order valence-electron chi connectivity index (χ1n) is 5.79. The largest absolute Gasteiger partial charge is 0.399 e. The van der Waals surface area contributed by atoms with Crippen LogP contribution >= 0.6 is 11.6 Å². The van der Waals surface area contributed by atoms with Gasteiger partial charge in [0.05, 0.1) is 19.8 Å². The lowest BCUT2D eigenvalue weighted by molar-refractivity contribution is 0.0315. The first kappa shape index (κ1) is 14.3. The van der Waals surface area contributed by atoms with Gasteiger partial charge >= 0.3 is 0 Å². The molecular weight excluding hydrogens is 238 g/mol. The number of benzene rings is 1. The van der Waals surface area contributed by atoms with Crippen molar-refractivity contribution in [1.29, 1.82) is 0 Å². The molecule has 0 radical (unpaired) electrons. The third-order valence-corrected chi connectivity index (χ3v) is 2.51. The van der Waals surface area contributed by atoms with E-state index >= 15 is 0 Å². The minimum Gasteiger partial charge on any atom is -0.399 e. The Bertz CT molecular complexity index is 342. The zero-order valence-corrected chi connectivity index (χ0v) is 11.2. The Balaban J connectivity index is 2.18. The number of halogens is 1. The van der Waals surface area contributed by atoms with Crippen molar-refractivity contribution in [3.63, 3.8) is 0 Å². The van der Waals surface area contributed by atoms with E-state index in [0.717, 1.165) is 12.2 Å². The van der Waals surface area contributed by atoms with E-state index in [2.05, 4.69) is 13.8 Å². The molecule has 0 saturated heterocycles. The van der Waals surface area contributed by atoms with Crippen LogP contribution in [0.4, 0.5) is 5.69 Å². The maximum Gasteiger partial charge on any atom is 0.0732 e. The summed E-state index contributed by atoms with van der Waals surface area (Å²) in [6.45, 7) is 6.69. The average molecular weight is 258 g/mol. The van der Waals surface area contributed by atoms with Gasteiger partial charge in [0.2, 0.25) is 0 Å². The second-order valence-electron chi connectivity index (χ2n) is 4.37. The Labute approximate surface area is 108 Å². The minimum absolute atomic E-state index is 0.490. The molecule has 0 aliphatic rings. The van der Waals surface area contributed by atoms with E-state index in [9.17, 15) is 0 Å². The van der Waals surface area contributed by atoms with Crippen molar-refractivity contribution < 1.29 is 9.47 Å². The molecule has 3 nitrogen and oxygen atoms in total. The molecule has 1 rings (SSSR count). The van der Waals surface area contributed by atoms with Crippen molar-refractivity contribution in [2.75, 3.05) is 25.6 Å². The number of anilines is 1. The van der Waals surface area contributed by atoms with Crippen LogP contribution in [0.3, 0.4) is 0 Å². The Morgan fingerprint density at radius 2 is 1.94 bits per heavy atom.